The molecule has 0 heterocycles. The van der Waals surface area contributed by atoms with E-state index < -0.39 is 11.7 Å². The summed E-state index contributed by atoms with van der Waals surface area (Å²) in [5.74, 6) is 0. The molecule has 0 saturated carbocycles. The van der Waals surface area contributed by atoms with E-state index in [1.54, 1.807) is 0 Å². The second-order valence-electron chi connectivity index (χ2n) is 4.37. The fraction of sp³-hybridized carbons (Fsp3) is 0.417. The SMILES string of the molecule is CC(C)(CC=N)c1ccc(C(F)(F)F)cc1. The maximum atomic E-state index is 12.3. The van der Waals surface area contributed by atoms with Gasteiger partial charge in [0.25, 0.3) is 0 Å². The fourth-order valence-electron chi connectivity index (χ4n) is 1.48. The van der Waals surface area contributed by atoms with Crippen LogP contribution >= 0.6 is 0 Å². The molecule has 0 spiro atoms. The molecular formula is C12H14F3N. The van der Waals surface area contributed by atoms with Crippen molar-refractivity contribution in [2.75, 3.05) is 0 Å². The topological polar surface area (TPSA) is 23.9 Å². The van der Waals surface area contributed by atoms with Gasteiger partial charge in [0.15, 0.2) is 0 Å². The predicted octanol–water partition coefficient (Wildman–Crippen LogP) is 4.02. The lowest BCUT2D eigenvalue weighted by Crippen LogP contribution is -2.17. The Hall–Kier alpha value is -1.32. The number of halogens is 3. The summed E-state index contributed by atoms with van der Waals surface area (Å²) in [5.41, 5.74) is -0.128. The van der Waals surface area contributed by atoms with Crippen LogP contribution in [0, 0.1) is 5.41 Å². The Morgan fingerprint density at radius 2 is 1.50 bits per heavy atom. The molecule has 0 unspecified atom stereocenters. The molecule has 1 rings (SSSR count). The van der Waals surface area contributed by atoms with Crippen molar-refractivity contribution in [1.29, 1.82) is 5.41 Å². The summed E-state index contributed by atoms with van der Waals surface area (Å²) in [6, 6.07) is 5.13. The molecule has 1 nitrogen and oxygen atoms in total. The molecule has 0 aromatic heterocycles. The molecule has 0 aliphatic heterocycles. The molecule has 0 fully saturated rings. The van der Waals surface area contributed by atoms with Gasteiger partial charge in [-0.2, -0.15) is 13.2 Å². The molecule has 0 aliphatic rings. The van der Waals surface area contributed by atoms with Crippen LogP contribution in [0.5, 0.6) is 0 Å². The summed E-state index contributed by atoms with van der Waals surface area (Å²) in [7, 11) is 0. The lowest BCUT2D eigenvalue weighted by Gasteiger charge is -2.23. The second-order valence-corrected chi connectivity index (χ2v) is 4.37. The van der Waals surface area contributed by atoms with Gasteiger partial charge in [0.1, 0.15) is 0 Å². The quantitative estimate of drug-likeness (QED) is 0.757. The predicted molar refractivity (Wildman–Crippen MR) is 57.9 cm³/mol. The van der Waals surface area contributed by atoms with Gasteiger partial charge in [-0.1, -0.05) is 26.0 Å². The Balaban J connectivity index is 2.99. The van der Waals surface area contributed by atoms with E-state index in [0.29, 0.717) is 6.42 Å². The number of hydrogen-bond donors (Lipinski definition) is 1. The zero-order valence-electron chi connectivity index (χ0n) is 9.23. The third-order valence-electron chi connectivity index (χ3n) is 2.61. The minimum Gasteiger partial charge on any atom is -0.313 e. The highest BCUT2D eigenvalue weighted by Gasteiger charge is 2.30. The molecule has 0 saturated heterocycles. The number of rotatable bonds is 3. The van der Waals surface area contributed by atoms with Crippen LogP contribution < -0.4 is 0 Å². The van der Waals surface area contributed by atoms with Gasteiger partial charge in [0, 0.05) is 0 Å². The Labute approximate surface area is 92.8 Å². The standard InChI is InChI=1S/C12H14F3N/c1-11(2,7-8-16)9-3-5-10(6-4-9)12(13,14)15/h3-6,8,16H,7H2,1-2H3. The van der Waals surface area contributed by atoms with E-state index >= 15 is 0 Å². The first-order valence-corrected chi connectivity index (χ1v) is 4.94. The van der Waals surface area contributed by atoms with Crippen LogP contribution in [0.4, 0.5) is 13.2 Å². The minimum atomic E-state index is -4.29. The first-order chi connectivity index (χ1) is 7.27. The Bertz CT molecular complexity index is 363. The summed E-state index contributed by atoms with van der Waals surface area (Å²) >= 11 is 0. The van der Waals surface area contributed by atoms with Crippen LogP contribution in [-0.2, 0) is 11.6 Å². The molecule has 1 aromatic carbocycles. The normalized spacial score (nSPS) is 12.6. The lowest BCUT2D eigenvalue weighted by atomic mass is 9.82. The van der Waals surface area contributed by atoms with E-state index in [0.717, 1.165) is 17.7 Å². The van der Waals surface area contributed by atoms with Crippen molar-refractivity contribution in [2.45, 2.75) is 31.9 Å². The summed E-state index contributed by atoms with van der Waals surface area (Å²) < 4.78 is 37.0. The largest absolute Gasteiger partial charge is 0.416 e. The summed E-state index contributed by atoms with van der Waals surface area (Å²) in [6.07, 6.45) is -2.50. The molecular weight excluding hydrogens is 215 g/mol. The molecule has 0 bridgehead atoms. The number of hydrogen-bond acceptors (Lipinski definition) is 1. The van der Waals surface area contributed by atoms with Crippen LogP contribution in [-0.4, -0.2) is 6.21 Å². The van der Waals surface area contributed by atoms with Gasteiger partial charge in [-0.05, 0) is 35.7 Å². The first kappa shape index (κ1) is 12.7. The average Bonchev–Trinajstić information content (AvgIpc) is 2.16. The Morgan fingerprint density at radius 1 is 1.06 bits per heavy atom. The van der Waals surface area contributed by atoms with E-state index in [4.69, 9.17) is 5.41 Å². The van der Waals surface area contributed by atoms with E-state index in [-0.39, 0.29) is 5.41 Å². The summed E-state index contributed by atoms with van der Waals surface area (Å²) in [5, 5.41) is 7.04. The van der Waals surface area contributed by atoms with Crippen molar-refractivity contribution in [3.63, 3.8) is 0 Å². The maximum Gasteiger partial charge on any atom is 0.416 e. The van der Waals surface area contributed by atoms with Crippen molar-refractivity contribution < 1.29 is 13.2 Å². The minimum absolute atomic E-state index is 0.300. The molecule has 4 heteroatoms. The van der Waals surface area contributed by atoms with Gasteiger partial charge in [0.05, 0.1) is 5.56 Å². The van der Waals surface area contributed by atoms with Crippen molar-refractivity contribution >= 4 is 6.21 Å². The third-order valence-corrected chi connectivity index (χ3v) is 2.61. The highest BCUT2D eigenvalue weighted by Crippen LogP contribution is 2.32. The highest BCUT2D eigenvalue weighted by atomic mass is 19.4. The van der Waals surface area contributed by atoms with Crippen LogP contribution in [0.1, 0.15) is 31.4 Å². The summed E-state index contributed by atoms with van der Waals surface area (Å²) in [6.45, 7) is 3.81. The van der Waals surface area contributed by atoms with Crippen LogP contribution in [0.25, 0.3) is 0 Å². The molecule has 16 heavy (non-hydrogen) atoms. The van der Waals surface area contributed by atoms with Crippen LogP contribution in [0.2, 0.25) is 0 Å². The number of benzene rings is 1. The Kier molecular flexibility index (Phi) is 3.41. The molecule has 1 aromatic rings. The lowest BCUT2D eigenvalue weighted by molar-refractivity contribution is -0.137. The molecule has 1 N–H and O–H groups in total. The second kappa shape index (κ2) is 4.28. The van der Waals surface area contributed by atoms with Crippen molar-refractivity contribution in [3.8, 4) is 0 Å². The highest BCUT2D eigenvalue weighted by molar-refractivity contribution is 5.56. The molecule has 0 aliphatic carbocycles. The monoisotopic (exact) mass is 229 g/mol. The van der Waals surface area contributed by atoms with E-state index in [1.165, 1.54) is 18.3 Å². The van der Waals surface area contributed by atoms with Crippen molar-refractivity contribution in [1.82, 2.24) is 0 Å². The molecule has 88 valence electrons. The van der Waals surface area contributed by atoms with Crippen LogP contribution in [0.3, 0.4) is 0 Å². The summed E-state index contributed by atoms with van der Waals surface area (Å²) in [4.78, 5) is 0. The van der Waals surface area contributed by atoms with Gasteiger partial charge in [-0.15, -0.1) is 0 Å². The molecule has 0 radical (unpaired) electrons. The fourth-order valence-corrected chi connectivity index (χ4v) is 1.48. The van der Waals surface area contributed by atoms with E-state index in [2.05, 4.69) is 0 Å². The van der Waals surface area contributed by atoms with Crippen molar-refractivity contribution in [3.05, 3.63) is 35.4 Å². The van der Waals surface area contributed by atoms with Gasteiger partial charge in [-0.3, -0.25) is 0 Å². The third kappa shape index (κ3) is 2.84. The van der Waals surface area contributed by atoms with Gasteiger partial charge in [-0.25, -0.2) is 0 Å². The Morgan fingerprint density at radius 3 is 1.88 bits per heavy atom. The molecule has 0 atom stereocenters. The molecule has 0 amide bonds. The number of nitrogens with one attached hydrogen (secondary N) is 1. The van der Waals surface area contributed by atoms with Gasteiger partial charge in [0.2, 0.25) is 0 Å². The van der Waals surface area contributed by atoms with Gasteiger partial charge >= 0.3 is 6.18 Å². The van der Waals surface area contributed by atoms with E-state index in [9.17, 15) is 13.2 Å². The maximum absolute atomic E-state index is 12.3. The van der Waals surface area contributed by atoms with Crippen LogP contribution in [0.15, 0.2) is 24.3 Å². The zero-order valence-corrected chi connectivity index (χ0v) is 9.23. The number of alkyl halides is 3. The van der Waals surface area contributed by atoms with Crippen molar-refractivity contribution in [2.24, 2.45) is 0 Å². The van der Waals surface area contributed by atoms with Gasteiger partial charge < -0.3 is 5.41 Å². The zero-order chi connectivity index (χ0) is 12.4. The first-order valence-electron chi connectivity index (χ1n) is 4.94. The average molecular weight is 229 g/mol. The smallest absolute Gasteiger partial charge is 0.313 e. The van der Waals surface area contributed by atoms with E-state index in [1.807, 2.05) is 13.8 Å².